The van der Waals surface area contributed by atoms with Crippen LogP contribution >= 0.6 is 0 Å². The molecule has 0 bridgehead atoms. The van der Waals surface area contributed by atoms with Gasteiger partial charge in [-0.3, -0.25) is 0 Å². The first-order valence-electron chi connectivity index (χ1n) is 8.08. The summed E-state index contributed by atoms with van der Waals surface area (Å²) in [4.78, 5) is 6.70. The minimum Gasteiger partial charge on any atom is -0.396 e. The molecule has 0 spiro atoms. The molecule has 124 valence electrons. The Bertz CT molecular complexity index is 659. The highest BCUT2D eigenvalue weighted by Crippen LogP contribution is 2.20. The van der Waals surface area contributed by atoms with Gasteiger partial charge in [0.15, 0.2) is 0 Å². The molecule has 1 atom stereocenters. The van der Waals surface area contributed by atoms with Gasteiger partial charge in [-0.05, 0) is 50.4 Å². The Balaban J connectivity index is 1.52. The van der Waals surface area contributed by atoms with Gasteiger partial charge < -0.3 is 14.5 Å². The van der Waals surface area contributed by atoms with Crippen molar-refractivity contribution < 1.29 is 14.0 Å². The van der Waals surface area contributed by atoms with E-state index in [-0.39, 0.29) is 12.4 Å². The fourth-order valence-corrected chi connectivity index (χ4v) is 2.92. The Morgan fingerprint density at radius 2 is 2.30 bits per heavy atom. The third kappa shape index (κ3) is 3.95. The van der Waals surface area contributed by atoms with Gasteiger partial charge in [-0.2, -0.15) is 4.98 Å². The van der Waals surface area contributed by atoms with E-state index in [2.05, 4.69) is 15.0 Å². The molecule has 1 aliphatic rings. The first kappa shape index (κ1) is 16.1. The fraction of sp³-hybridized carbons (Fsp3) is 0.529. The Morgan fingerprint density at radius 3 is 3.04 bits per heavy atom. The molecule has 3 rings (SSSR count). The maximum Gasteiger partial charge on any atom is 0.227 e. The van der Waals surface area contributed by atoms with E-state index in [9.17, 15) is 4.39 Å². The second-order valence-corrected chi connectivity index (χ2v) is 6.22. The summed E-state index contributed by atoms with van der Waals surface area (Å²) in [6.07, 6.45) is 2.71. The second-order valence-electron chi connectivity index (χ2n) is 6.22. The van der Waals surface area contributed by atoms with Gasteiger partial charge in [0.05, 0.1) is 0 Å². The number of hydrogen-bond acceptors (Lipinski definition) is 5. The van der Waals surface area contributed by atoms with Crippen LogP contribution in [-0.2, 0) is 6.42 Å². The predicted molar refractivity (Wildman–Crippen MR) is 84.4 cm³/mol. The second kappa shape index (κ2) is 7.19. The van der Waals surface area contributed by atoms with Gasteiger partial charge in [-0.15, -0.1) is 0 Å². The Labute approximate surface area is 135 Å². The number of aryl methyl sites for hydroxylation is 2. The molecule has 0 saturated carbocycles. The molecular weight excluding hydrogens is 297 g/mol. The Kier molecular flexibility index (Phi) is 5.03. The topological polar surface area (TPSA) is 62.4 Å². The third-order valence-corrected chi connectivity index (χ3v) is 4.39. The van der Waals surface area contributed by atoms with Crippen LogP contribution in [0.5, 0.6) is 0 Å². The summed E-state index contributed by atoms with van der Waals surface area (Å²) in [7, 11) is 0. The molecule has 0 aliphatic carbocycles. The highest BCUT2D eigenvalue weighted by atomic mass is 19.1. The van der Waals surface area contributed by atoms with Gasteiger partial charge in [0.1, 0.15) is 5.82 Å². The smallest absolute Gasteiger partial charge is 0.227 e. The van der Waals surface area contributed by atoms with Crippen molar-refractivity contribution in [1.29, 1.82) is 0 Å². The van der Waals surface area contributed by atoms with E-state index < -0.39 is 0 Å². The van der Waals surface area contributed by atoms with Crippen LogP contribution in [0.25, 0.3) is 11.4 Å². The first-order valence-corrected chi connectivity index (χ1v) is 8.08. The summed E-state index contributed by atoms with van der Waals surface area (Å²) < 4.78 is 18.9. The molecular formula is C17H22FN3O2. The van der Waals surface area contributed by atoms with Crippen LogP contribution in [0.15, 0.2) is 22.7 Å². The minimum atomic E-state index is -0.263. The van der Waals surface area contributed by atoms with Crippen molar-refractivity contribution in [3.05, 3.63) is 35.5 Å². The molecule has 0 amide bonds. The van der Waals surface area contributed by atoms with Gasteiger partial charge in [0.25, 0.3) is 0 Å². The zero-order chi connectivity index (χ0) is 16.2. The summed E-state index contributed by atoms with van der Waals surface area (Å²) in [5.74, 6) is 1.17. The predicted octanol–water partition coefficient (Wildman–Crippen LogP) is 2.43. The van der Waals surface area contributed by atoms with E-state index in [0.717, 1.165) is 32.5 Å². The van der Waals surface area contributed by atoms with E-state index in [4.69, 9.17) is 9.63 Å². The van der Waals surface area contributed by atoms with Crippen molar-refractivity contribution in [2.75, 3.05) is 26.2 Å². The van der Waals surface area contributed by atoms with Crippen LogP contribution in [0.1, 0.15) is 24.3 Å². The maximum absolute atomic E-state index is 13.6. The highest BCUT2D eigenvalue weighted by Gasteiger charge is 2.21. The molecule has 1 N–H and O–H groups in total. The molecule has 0 radical (unpaired) electrons. The minimum absolute atomic E-state index is 0.263. The molecule has 2 aromatic rings. The quantitative estimate of drug-likeness (QED) is 0.886. The van der Waals surface area contributed by atoms with Crippen molar-refractivity contribution >= 4 is 0 Å². The number of nitrogens with zero attached hydrogens (tertiary/aromatic N) is 3. The van der Waals surface area contributed by atoms with Gasteiger partial charge in [0.2, 0.25) is 11.7 Å². The number of hydrogen-bond donors (Lipinski definition) is 1. The van der Waals surface area contributed by atoms with E-state index in [1.807, 2.05) is 0 Å². The number of aliphatic hydroxyl groups excluding tert-OH is 1. The van der Waals surface area contributed by atoms with E-state index >= 15 is 0 Å². The maximum atomic E-state index is 13.6. The fourth-order valence-electron chi connectivity index (χ4n) is 2.92. The van der Waals surface area contributed by atoms with Crippen LogP contribution in [-0.4, -0.2) is 46.4 Å². The number of benzene rings is 1. The lowest BCUT2D eigenvalue weighted by Gasteiger charge is -2.14. The van der Waals surface area contributed by atoms with Crippen molar-refractivity contribution in [1.82, 2.24) is 15.0 Å². The van der Waals surface area contributed by atoms with Crippen LogP contribution in [0.4, 0.5) is 4.39 Å². The van der Waals surface area contributed by atoms with E-state index in [0.29, 0.717) is 35.2 Å². The number of aliphatic hydroxyl groups is 1. The lowest BCUT2D eigenvalue weighted by molar-refractivity contribution is 0.220. The van der Waals surface area contributed by atoms with Crippen molar-refractivity contribution in [3.8, 4) is 11.4 Å². The Morgan fingerprint density at radius 1 is 1.43 bits per heavy atom. The summed E-state index contributed by atoms with van der Waals surface area (Å²) in [6.45, 7) is 4.97. The number of aromatic nitrogens is 2. The van der Waals surface area contributed by atoms with Crippen molar-refractivity contribution in [3.63, 3.8) is 0 Å². The third-order valence-electron chi connectivity index (χ3n) is 4.39. The SMILES string of the molecule is Cc1ccc(-c2noc(CCCN3CCC(CO)C3)n2)cc1F. The summed E-state index contributed by atoms with van der Waals surface area (Å²) in [5, 5.41) is 13.1. The van der Waals surface area contributed by atoms with Crippen LogP contribution in [0, 0.1) is 18.7 Å². The van der Waals surface area contributed by atoms with Gasteiger partial charge in [0, 0.05) is 25.1 Å². The molecule has 5 nitrogen and oxygen atoms in total. The van der Waals surface area contributed by atoms with Crippen LogP contribution in [0.2, 0.25) is 0 Å². The molecule has 2 heterocycles. The van der Waals surface area contributed by atoms with E-state index in [1.54, 1.807) is 19.1 Å². The number of halogens is 1. The molecule has 6 heteroatoms. The largest absolute Gasteiger partial charge is 0.396 e. The average Bonchev–Trinajstić information content (AvgIpc) is 3.19. The Hall–Kier alpha value is -1.79. The van der Waals surface area contributed by atoms with Crippen molar-refractivity contribution in [2.24, 2.45) is 5.92 Å². The monoisotopic (exact) mass is 319 g/mol. The normalized spacial score (nSPS) is 18.7. The molecule has 1 aromatic heterocycles. The summed E-state index contributed by atoms with van der Waals surface area (Å²) >= 11 is 0. The molecule has 1 fully saturated rings. The molecule has 23 heavy (non-hydrogen) atoms. The summed E-state index contributed by atoms with van der Waals surface area (Å²) in [6, 6.07) is 4.95. The first-order chi connectivity index (χ1) is 11.2. The van der Waals surface area contributed by atoms with Crippen molar-refractivity contribution in [2.45, 2.75) is 26.2 Å². The summed E-state index contributed by atoms with van der Waals surface area (Å²) in [5.41, 5.74) is 1.23. The molecule has 1 aromatic carbocycles. The lowest BCUT2D eigenvalue weighted by Crippen LogP contribution is -2.23. The van der Waals surface area contributed by atoms with Gasteiger partial charge in [-0.1, -0.05) is 17.3 Å². The van der Waals surface area contributed by atoms with E-state index in [1.165, 1.54) is 6.07 Å². The zero-order valence-corrected chi connectivity index (χ0v) is 13.3. The van der Waals surface area contributed by atoms with Gasteiger partial charge in [-0.25, -0.2) is 4.39 Å². The average molecular weight is 319 g/mol. The number of likely N-dealkylation sites (tertiary alicyclic amines) is 1. The molecule has 1 aliphatic heterocycles. The molecule has 1 unspecified atom stereocenters. The standard InChI is InChI=1S/C17H22FN3O2/c1-12-4-5-14(9-15(12)18)17-19-16(23-20-17)3-2-7-21-8-6-13(10-21)11-22/h4-5,9,13,22H,2-3,6-8,10-11H2,1H3. The molecule has 1 saturated heterocycles. The van der Waals surface area contributed by atoms with Crippen LogP contribution in [0.3, 0.4) is 0 Å². The highest BCUT2D eigenvalue weighted by molar-refractivity contribution is 5.54. The van der Waals surface area contributed by atoms with Crippen LogP contribution < -0.4 is 0 Å². The number of rotatable bonds is 6. The lowest BCUT2D eigenvalue weighted by atomic mass is 10.1. The van der Waals surface area contributed by atoms with Gasteiger partial charge >= 0.3 is 0 Å². The zero-order valence-electron chi connectivity index (χ0n) is 13.3.